The largest absolute Gasteiger partial charge is 0.372 e. The zero-order valence-corrected chi connectivity index (χ0v) is 17.9. The quantitative estimate of drug-likeness (QED) is 0.623. The van der Waals surface area contributed by atoms with E-state index in [-0.39, 0.29) is 12.1 Å². The summed E-state index contributed by atoms with van der Waals surface area (Å²) in [6.45, 7) is 11.0. The second-order valence-corrected chi connectivity index (χ2v) is 9.03. The van der Waals surface area contributed by atoms with Crippen LogP contribution >= 0.6 is 11.3 Å². The molecule has 2 atom stereocenters. The number of rotatable bonds is 5. The van der Waals surface area contributed by atoms with Crippen LogP contribution in [0.5, 0.6) is 0 Å². The van der Waals surface area contributed by atoms with Crippen LogP contribution in [-0.2, 0) is 11.3 Å². The maximum atomic E-state index is 6.27. The van der Waals surface area contributed by atoms with Crippen molar-refractivity contribution in [2.24, 2.45) is 0 Å². The van der Waals surface area contributed by atoms with Gasteiger partial charge in [-0.15, -0.1) is 11.3 Å². The van der Waals surface area contributed by atoms with Gasteiger partial charge in [-0.05, 0) is 76.9 Å². The molecule has 0 radical (unpaired) electrons. The van der Waals surface area contributed by atoms with Crippen molar-refractivity contribution in [3.8, 4) is 0 Å². The van der Waals surface area contributed by atoms with E-state index in [4.69, 9.17) is 9.72 Å². The van der Waals surface area contributed by atoms with E-state index in [0.29, 0.717) is 6.61 Å². The van der Waals surface area contributed by atoms with Crippen molar-refractivity contribution < 1.29 is 4.74 Å². The normalized spacial score (nSPS) is 19.2. The van der Waals surface area contributed by atoms with Crippen molar-refractivity contribution in [1.82, 2.24) is 19.9 Å². The first-order valence-corrected chi connectivity index (χ1v) is 10.8. The Morgan fingerprint density at radius 3 is 2.71 bits per heavy atom. The second-order valence-electron chi connectivity index (χ2n) is 7.80. The van der Waals surface area contributed by atoms with Crippen LogP contribution in [0, 0.1) is 20.8 Å². The molecular formula is C22H28N4OS. The van der Waals surface area contributed by atoms with Gasteiger partial charge in [-0.3, -0.25) is 9.88 Å². The summed E-state index contributed by atoms with van der Waals surface area (Å²) >= 11 is 1.70. The van der Waals surface area contributed by atoms with Crippen LogP contribution in [0.25, 0.3) is 10.3 Å². The van der Waals surface area contributed by atoms with Gasteiger partial charge in [0.05, 0.1) is 28.1 Å². The number of ether oxygens (including phenoxy) is 1. The monoisotopic (exact) mass is 396 g/mol. The van der Waals surface area contributed by atoms with Gasteiger partial charge < -0.3 is 4.74 Å². The number of hydrogen-bond acceptors (Lipinski definition) is 6. The summed E-state index contributed by atoms with van der Waals surface area (Å²) < 4.78 is 7.43. The van der Waals surface area contributed by atoms with Gasteiger partial charge in [0.15, 0.2) is 5.65 Å². The van der Waals surface area contributed by atoms with Crippen molar-refractivity contribution in [3.05, 3.63) is 51.9 Å². The van der Waals surface area contributed by atoms with E-state index in [2.05, 4.69) is 46.1 Å². The molecule has 0 aromatic carbocycles. The average Bonchev–Trinajstić information content (AvgIpc) is 3.04. The van der Waals surface area contributed by atoms with Gasteiger partial charge in [-0.1, -0.05) is 0 Å². The fourth-order valence-corrected chi connectivity index (χ4v) is 4.80. The minimum atomic E-state index is 0.259. The minimum absolute atomic E-state index is 0.259. The Morgan fingerprint density at radius 2 is 1.93 bits per heavy atom. The van der Waals surface area contributed by atoms with Gasteiger partial charge in [-0.25, -0.2) is 9.97 Å². The van der Waals surface area contributed by atoms with E-state index in [1.54, 1.807) is 11.3 Å². The standard InChI is InChI=1S/C22H28N4OS/c1-14-10-18(11-15(2)23-14)13-27-19-6-5-9-26(12-19)16(3)20-7-8-21-22(25-20)24-17(4)28-21/h7-8,10-11,16,19H,5-6,9,12-13H2,1-4H3/t16?,19-/m0/s1. The van der Waals surface area contributed by atoms with Crippen molar-refractivity contribution >= 4 is 21.7 Å². The lowest BCUT2D eigenvalue weighted by Crippen LogP contribution is -2.41. The van der Waals surface area contributed by atoms with Crippen molar-refractivity contribution in [1.29, 1.82) is 0 Å². The molecule has 0 aliphatic carbocycles. The summed E-state index contributed by atoms with van der Waals surface area (Å²) in [4.78, 5) is 16.3. The molecule has 1 aliphatic rings. The Hall–Kier alpha value is -1.89. The molecule has 0 spiro atoms. The molecule has 28 heavy (non-hydrogen) atoms. The van der Waals surface area contributed by atoms with E-state index in [1.165, 1.54) is 5.56 Å². The highest BCUT2D eigenvalue weighted by Gasteiger charge is 2.26. The zero-order chi connectivity index (χ0) is 19.7. The summed E-state index contributed by atoms with van der Waals surface area (Å²) in [5.41, 5.74) is 5.28. The van der Waals surface area contributed by atoms with Gasteiger partial charge >= 0.3 is 0 Å². The summed E-state index contributed by atoms with van der Waals surface area (Å²) in [6, 6.07) is 8.81. The van der Waals surface area contributed by atoms with Crippen LogP contribution in [0.1, 0.15) is 53.5 Å². The van der Waals surface area contributed by atoms with Crippen LogP contribution in [0.3, 0.4) is 0 Å². The Balaban J connectivity index is 1.40. The van der Waals surface area contributed by atoms with Gasteiger partial charge in [0.1, 0.15) is 0 Å². The number of nitrogens with zero attached hydrogens (tertiary/aromatic N) is 4. The Labute approximate surface area is 170 Å². The molecule has 3 aromatic rings. The predicted molar refractivity (Wildman–Crippen MR) is 114 cm³/mol. The number of piperidine rings is 1. The number of pyridine rings is 2. The fourth-order valence-electron chi connectivity index (χ4n) is 4.03. The van der Waals surface area contributed by atoms with E-state index < -0.39 is 0 Å². The topological polar surface area (TPSA) is 51.1 Å². The van der Waals surface area contributed by atoms with Gasteiger partial charge in [0.2, 0.25) is 0 Å². The van der Waals surface area contributed by atoms with Crippen LogP contribution in [0.2, 0.25) is 0 Å². The molecule has 148 valence electrons. The summed E-state index contributed by atoms with van der Waals surface area (Å²) in [6.07, 6.45) is 2.53. The molecule has 0 N–H and O–H groups in total. The predicted octanol–water partition coefficient (Wildman–Crippen LogP) is 4.75. The van der Waals surface area contributed by atoms with E-state index in [0.717, 1.165) is 58.4 Å². The Morgan fingerprint density at radius 1 is 1.14 bits per heavy atom. The highest BCUT2D eigenvalue weighted by molar-refractivity contribution is 7.18. The third-order valence-electron chi connectivity index (χ3n) is 5.39. The summed E-state index contributed by atoms with van der Waals surface area (Å²) in [7, 11) is 0. The fraction of sp³-hybridized carbons (Fsp3) is 0.500. The Bertz CT molecular complexity index is 950. The molecule has 1 saturated heterocycles. The smallest absolute Gasteiger partial charge is 0.170 e. The van der Waals surface area contributed by atoms with E-state index >= 15 is 0 Å². The molecule has 0 amide bonds. The van der Waals surface area contributed by atoms with Gasteiger partial charge in [0, 0.05) is 24.0 Å². The third-order valence-corrected chi connectivity index (χ3v) is 6.32. The molecule has 1 aliphatic heterocycles. The average molecular weight is 397 g/mol. The van der Waals surface area contributed by atoms with Crippen LogP contribution in [-0.4, -0.2) is 39.0 Å². The molecule has 6 heteroatoms. The number of aromatic nitrogens is 3. The van der Waals surface area contributed by atoms with E-state index in [9.17, 15) is 0 Å². The maximum absolute atomic E-state index is 6.27. The van der Waals surface area contributed by atoms with Crippen LogP contribution in [0.15, 0.2) is 24.3 Å². The van der Waals surface area contributed by atoms with Crippen LogP contribution in [0.4, 0.5) is 0 Å². The van der Waals surface area contributed by atoms with Gasteiger partial charge in [0.25, 0.3) is 0 Å². The first kappa shape index (κ1) is 19.4. The minimum Gasteiger partial charge on any atom is -0.372 e. The Kier molecular flexibility index (Phi) is 5.71. The second kappa shape index (κ2) is 8.23. The number of aryl methyl sites for hydroxylation is 3. The number of likely N-dealkylation sites (tertiary alicyclic amines) is 1. The molecule has 0 bridgehead atoms. The van der Waals surface area contributed by atoms with Crippen molar-refractivity contribution in [2.45, 2.75) is 59.3 Å². The van der Waals surface area contributed by atoms with E-state index in [1.807, 2.05) is 20.8 Å². The maximum Gasteiger partial charge on any atom is 0.170 e. The van der Waals surface area contributed by atoms with Crippen molar-refractivity contribution in [3.63, 3.8) is 0 Å². The summed E-state index contributed by atoms with van der Waals surface area (Å²) in [5, 5.41) is 1.07. The molecule has 3 aromatic heterocycles. The van der Waals surface area contributed by atoms with Gasteiger partial charge in [-0.2, -0.15) is 0 Å². The lowest BCUT2D eigenvalue weighted by atomic mass is 10.0. The number of thiazole rings is 1. The lowest BCUT2D eigenvalue weighted by Gasteiger charge is -2.36. The molecular weight excluding hydrogens is 368 g/mol. The molecule has 1 unspecified atom stereocenters. The lowest BCUT2D eigenvalue weighted by molar-refractivity contribution is -0.0202. The number of fused-ring (bicyclic) bond motifs is 1. The summed E-state index contributed by atoms with van der Waals surface area (Å²) in [5.74, 6) is 0. The first-order valence-electron chi connectivity index (χ1n) is 10.0. The molecule has 1 fully saturated rings. The number of hydrogen-bond donors (Lipinski definition) is 0. The molecule has 4 rings (SSSR count). The molecule has 5 nitrogen and oxygen atoms in total. The first-order chi connectivity index (χ1) is 13.5. The van der Waals surface area contributed by atoms with Crippen molar-refractivity contribution in [2.75, 3.05) is 13.1 Å². The third kappa shape index (κ3) is 4.40. The van der Waals surface area contributed by atoms with Crippen LogP contribution < -0.4 is 0 Å². The zero-order valence-electron chi connectivity index (χ0n) is 17.1. The highest BCUT2D eigenvalue weighted by Crippen LogP contribution is 2.27. The molecule has 0 saturated carbocycles. The molecule has 4 heterocycles. The highest BCUT2D eigenvalue weighted by atomic mass is 32.1. The SMILES string of the molecule is Cc1cc(CO[C@H]2CCCN(C(C)c3ccc4sc(C)nc4n3)C2)cc(C)n1.